The Morgan fingerprint density at radius 2 is 0.939 bits per heavy atom. The summed E-state index contributed by atoms with van der Waals surface area (Å²) in [4.78, 5) is 73.1. The zero-order valence-electron chi connectivity index (χ0n) is 18.6. The van der Waals surface area contributed by atoms with Gasteiger partial charge in [0.2, 0.25) is 0 Å². The SMILES string of the molecule is COCCCNC(P(=O)([O-])O)P(=O)(O)O.COCCCNC(P(=O)([O-])O)P(=O)(O)O.O.[Na+].[Na+]. The first kappa shape index (κ1) is 45.3. The summed E-state index contributed by atoms with van der Waals surface area (Å²) in [5.41, 5.74) is -4.50. The molecule has 0 spiro atoms. The predicted molar refractivity (Wildman–Crippen MR) is 104 cm³/mol. The Balaban J connectivity index is -0.000000145. The minimum atomic E-state index is -5.11. The van der Waals surface area contributed by atoms with Crippen molar-refractivity contribution in [3.63, 3.8) is 0 Å². The van der Waals surface area contributed by atoms with Crippen LogP contribution in [-0.2, 0) is 27.7 Å². The van der Waals surface area contributed by atoms with Crippen LogP contribution in [0.3, 0.4) is 0 Å². The van der Waals surface area contributed by atoms with E-state index in [0.717, 1.165) is 0 Å². The second kappa shape index (κ2) is 21.3. The van der Waals surface area contributed by atoms with Gasteiger partial charge in [0.05, 0.1) is 0 Å². The monoisotopic (exact) mass is 588 g/mol. The molecule has 0 amide bonds. The summed E-state index contributed by atoms with van der Waals surface area (Å²) >= 11 is 0. The van der Waals surface area contributed by atoms with Crippen molar-refractivity contribution in [1.29, 1.82) is 0 Å². The molecule has 0 aliphatic carbocycles. The van der Waals surface area contributed by atoms with Crippen LogP contribution in [0.5, 0.6) is 0 Å². The van der Waals surface area contributed by atoms with Crippen molar-refractivity contribution in [1.82, 2.24) is 10.6 Å². The Morgan fingerprint density at radius 3 is 1.09 bits per heavy atom. The molecule has 17 nitrogen and oxygen atoms in total. The average Bonchev–Trinajstić information content (AvgIpc) is 2.50. The van der Waals surface area contributed by atoms with Gasteiger partial charge in [0.15, 0.2) is 26.2 Å². The molecule has 0 aliphatic rings. The molecule has 0 rings (SSSR count). The average molecular weight is 588 g/mol. The third-order valence-electron chi connectivity index (χ3n) is 2.96. The van der Waals surface area contributed by atoms with Crippen LogP contribution < -0.4 is 79.5 Å². The Morgan fingerprint density at radius 1 is 0.697 bits per heavy atom. The normalized spacial score (nSPS) is 16.8. The molecule has 0 bridgehead atoms. The maximum atomic E-state index is 10.7. The van der Waals surface area contributed by atoms with Gasteiger partial charge >= 0.3 is 74.3 Å². The van der Waals surface area contributed by atoms with Gasteiger partial charge < -0.3 is 63.2 Å². The summed E-state index contributed by atoms with van der Waals surface area (Å²) in [6, 6.07) is 0. The van der Waals surface area contributed by atoms with E-state index < -0.39 is 41.4 Å². The maximum absolute atomic E-state index is 10.7. The fourth-order valence-electron chi connectivity index (χ4n) is 1.74. The number of hydrogen-bond acceptors (Lipinski definition) is 10. The van der Waals surface area contributed by atoms with Gasteiger partial charge in [0.25, 0.3) is 0 Å². The van der Waals surface area contributed by atoms with Gasteiger partial charge in [-0.15, -0.1) is 0 Å². The van der Waals surface area contributed by atoms with E-state index in [1.165, 1.54) is 14.2 Å². The van der Waals surface area contributed by atoms with Crippen molar-refractivity contribution in [2.45, 2.75) is 23.9 Å². The molecule has 10 N–H and O–H groups in total. The Hall–Kier alpha value is 2.40. The van der Waals surface area contributed by atoms with Crippen LogP contribution >= 0.6 is 30.4 Å². The van der Waals surface area contributed by atoms with Gasteiger partial charge in [-0.3, -0.25) is 19.8 Å². The third kappa shape index (κ3) is 24.5. The summed E-state index contributed by atoms with van der Waals surface area (Å²) in [6.45, 7) is 0.651. The van der Waals surface area contributed by atoms with Crippen LogP contribution in [0.4, 0.5) is 0 Å². The molecule has 192 valence electrons. The van der Waals surface area contributed by atoms with E-state index in [1.807, 2.05) is 0 Å². The summed E-state index contributed by atoms with van der Waals surface area (Å²) in [7, 11) is -17.2. The van der Waals surface area contributed by atoms with Crippen LogP contribution in [-0.4, -0.2) is 86.4 Å². The molecule has 0 fully saturated rings. The van der Waals surface area contributed by atoms with E-state index in [2.05, 4.69) is 20.1 Å². The molecule has 0 heterocycles. The van der Waals surface area contributed by atoms with E-state index >= 15 is 0 Å². The number of nitrogens with one attached hydrogen (secondary N) is 2. The molecule has 0 aromatic rings. The van der Waals surface area contributed by atoms with Crippen molar-refractivity contribution >= 4 is 30.4 Å². The zero-order chi connectivity index (χ0) is 24.2. The standard InChI is InChI=1S/2C5H15NO7P2.2Na.H2O/c2*1-13-4-2-3-6-5(14(7,8)9)15(10,11)12;;;/h2*5-6H,2-4H2,1H3,(H2,7,8,9)(H2,10,11,12);;;1H2/q;;2*+1;/p-2. The first-order valence-electron chi connectivity index (χ1n) is 8.01. The van der Waals surface area contributed by atoms with Crippen LogP contribution in [0.25, 0.3) is 0 Å². The van der Waals surface area contributed by atoms with Crippen molar-refractivity contribution < 1.29 is 131 Å². The van der Waals surface area contributed by atoms with Crippen molar-refractivity contribution in [2.75, 3.05) is 40.5 Å². The number of methoxy groups -OCH3 is 2. The first-order valence-corrected chi connectivity index (χ1v) is 14.7. The van der Waals surface area contributed by atoms with Crippen molar-refractivity contribution in [2.24, 2.45) is 0 Å². The van der Waals surface area contributed by atoms with Gasteiger partial charge in [-0.1, -0.05) is 0 Å². The molecule has 0 aliphatic heterocycles. The molecule has 0 aromatic carbocycles. The largest absolute Gasteiger partial charge is 1.00 e. The number of rotatable bonds is 14. The fourth-order valence-corrected chi connectivity index (χ4v) is 6.24. The Kier molecular flexibility index (Phi) is 29.3. The van der Waals surface area contributed by atoms with Gasteiger partial charge in [-0.25, -0.2) is 0 Å². The first-order chi connectivity index (χ1) is 13.4. The maximum Gasteiger partial charge on any atom is 1.00 e. The van der Waals surface area contributed by atoms with Crippen LogP contribution in [0.15, 0.2) is 0 Å². The second-order valence-corrected chi connectivity index (χ2v) is 13.1. The molecule has 0 saturated carbocycles. The van der Waals surface area contributed by atoms with E-state index in [9.17, 15) is 28.0 Å². The molecular weight excluding hydrogens is 558 g/mol. The molecule has 4 unspecified atom stereocenters. The fraction of sp³-hybridized carbons (Fsp3) is 1.00. The minimum Gasteiger partial charge on any atom is -0.777 e. The molecule has 4 atom stereocenters. The van der Waals surface area contributed by atoms with Gasteiger partial charge in [-0.05, 0) is 25.9 Å². The van der Waals surface area contributed by atoms with Crippen LogP contribution in [0.1, 0.15) is 12.8 Å². The Labute approximate surface area is 235 Å². The topological polar surface area (TPSA) is 310 Å². The summed E-state index contributed by atoms with van der Waals surface area (Å²) < 4.78 is 52.0. The van der Waals surface area contributed by atoms with Crippen molar-refractivity contribution in [3.05, 3.63) is 0 Å². The third-order valence-corrected chi connectivity index (χ3v) is 9.76. The van der Waals surface area contributed by atoms with E-state index in [1.54, 1.807) is 0 Å². The summed E-state index contributed by atoms with van der Waals surface area (Å²) in [6.07, 6.45) is 0.736. The van der Waals surface area contributed by atoms with E-state index in [4.69, 9.17) is 29.4 Å². The molecule has 33 heavy (non-hydrogen) atoms. The Bertz CT molecular complexity index is 565. The van der Waals surface area contributed by atoms with E-state index in [0.29, 0.717) is 26.1 Å². The summed E-state index contributed by atoms with van der Waals surface area (Å²) in [5, 5.41) is 4.13. The van der Waals surface area contributed by atoms with Crippen LogP contribution in [0, 0.1) is 0 Å². The van der Waals surface area contributed by atoms with E-state index in [-0.39, 0.29) is 77.7 Å². The van der Waals surface area contributed by atoms with Crippen molar-refractivity contribution in [3.8, 4) is 0 Å². The molecular formula is C10H30N2Na2O15P4. The number of ether oxygens (including phenoxy) is 2. The van der Waals surface area contributed by atoms with Gasteiger partial charge in [-0.2, -0.15) is 0 Å². The number of hydrogen-bond donors (Lipinski definition) is 8. The molecule has 0 saturated heterocycles. The minimum absolute atomic E-state index is 0. The summed E-state index contributed by atoms with van der Waals surface area (Å²) in [5.74, 6) is 0. The van der Waals surface area contributed by atoms with Crippen LogP contribution in [0.2, 0.25) is 0 Å². The smallest absolute Gasteiger partial charge is 0.777 e. The van der Waals surface area contributed by atoms with Gasteiger partial charge in [0.1, 0.15) is 0 Å². The zero-order valence-corrected chi connectivity index (χ0v) is 26.2. The molecule has 23 heteroatoms. The molecule has 0 radical (unpaired) electrons. The molecule has 0 aromatic heterocycles. The predicted octanol–water partition coefficient (Wildman–Crippen LogP) is -9.58. The second-order valence-electron chi connectivity index (χ2n) is 5.65. The van der Waals surface area contributed by atoms with Gasteiger partial charge in [0, 0.05) is 27.4 Å². The quantitative estimate of drug-likeness (QED) is 0.0530.